The first-order valence-electron chi connectivity index (χ1n) is 9.53. The van der Waals surface area contributed by atoms with Gasteiger partial charge in [0.15, 0.2) is 5.82 Å². The molecule has 1 aromatic heterocycles. The second-order valence-corrected chi connectivity index (χ2v) is 6.77. The zero-order valence-corrected chi connectivity index (χ0v) is 15.7. The summed E-state index contributed by atoms with van der Waals surface area (Å²) in [6, 6.07) is 0. The summed E-state index contributed by atoms with van der Waals surface area (Å²) in [5, 5.41) is 0. The summed E-state index contributed by atoms with van der Waals surface area (Å²) in [4.78, 5) is 19.7. The number of aromatic nitrogens is 2. The summed E-state index contributed by atoms with van der Waals surface area (Å²) >= 11 is 0. The van der Waals surface area contributed by atoms with Crippen LogP contribution in [0.3, 0.4) is 0 Å². The maximum Gasteiger partial charge on any atom is 0.254 e. The highest BCUT2D eigenvalue weighted by Crippen LogP contribution is 2.18. The van der Waals surface area contributed by atoms with Crippen molar-refractivity contribution in [3.05, 3.63) is 27.9 Å². The lowest BCUT2D eigenvalue weighted by Crippen LogP contribution is -2.50. The number of nitrogens with zero attached hydrogens (tertiary/aromatic N) is 2. The standard InChI is InChI=1S/C19H35N3O/c1-5-9-12-22(13-10-6-2,14-11-7-3)16-18-20-15-17(8-4)19(23)21-18/h15H,5-14,16H2,1-4H3/p+1. The van der Waals surface area contributed by atoms with E-state index in [-0.39, 0.29) is 5.56 Å². The van der Waals surface area contributed by atoms with Gasteiger partial charge >= 0.3 is 0 Å². The minimum absolute atomic E-state index is 0.0390. The Kier molecular flexibility index (Phi) is 9.15. The zero-order chi connectivity index (χ0) is 17.1. The van der Waals surface area contributed by atoms with Crippen molar-refractivity contribution in [1.29, 1.82) is 0 Å². The van der Waals surface area contributed by atoms with E-state index >= 15 is 0 Å². The summed E-state index contributed by atoms with van der Waals surface area (Å²) in [6.07, 6.45) is 9.89. The topological polar surface area (TPSA) is 45.8 Å². The van der Waals surface area contributed by atoms with Crippen LogP contribution in [0.25, 0.3) is 0 Å². The van der Waals surface area contributed by atoms with Gasteiger partial charge in [0.2, 0.25) is 0 Å². The van der Waals surface area contributed by atoms with Crippen molar-refractivity contribution >= 4 is 0 Å². The molecule has 0 saturated carbocycles. The van der Waals surface area contributed by atoms with Gasteiger partial charge in [-0.25, -0.2) is 4.98 Å². The Hall–Kier alpha value is -1.16. The average molecular weight is 323 g/mol. The molecule has 0 bridgehead atoms. The van der Waals surface area contributed by atoms with Gasteiger partial charge in [-0.05, 0) is 25.7 Å². The van der Waals surface area contributed by atoms with Crippen LogP contribution in [-0.2, 0) is 13.0 Å². The first kappa shape index (κ1) is 19.9. The summed E-state index contributed by atoms with van der Waals surface area (Å²) < 4.78 is 1.07. The molecule has 4 heteroatoms. The average Bonchev–Trinajstić information content (AvgIpc) is 2.56. The van der Waals surface area contributed by atoms with Crippen molar-refractivity contribution in [3.8, 4) is 0 Å². The third-order valence-corrected chi connectivity index (χ3v) is 4.75. The molecule has 0 saturated heterocycles. The third-order valence-electron chi connectivity index (χ3n) is 4.75. The molecule has 0 aromatic carbocycles. The highest BCUT2D eigenvalue weighted by Gasteiger charge is 2.27. The normalized spacial score (nSPS) is 11.8. The predicted octanol–water partition coefficient (Wildman–Crippen LogP) is 4.05. The molecule has 0 aliphatic rings. The number of unbranched alkanes of at least 4 members (excludes halogenated alkanes) is 3. The van der Waals surface area contributed by atoms with E-state index in [4.69, 9.17) is 0 Å². The zero-order valence-electron chi connectivity index (χ0n) is 15.7. The van der Waals surface area contributed by atoms with Crippen molar-refractivity contribution in [1.82, 2.24) is 9.97 Å². The lowest BCUT2D eigenvalue weighted by atomic mass is 10.1. The van der Waals surface area contributed by atoms with Crippen LogP contribution in [0.15, 0.2) is 11.0 Å². The molecular formula is C19H36N3O+. The molecule has 4 nitrogen and oxygen atoms in total. The molecular weight excluding hydrogens is 286 g/mol. The summed E-state index contributed by atoms with van der Waals surface area (Å²) in [5.74, 6) is 0.857. The quantitative estimate of drug-likeness (QED) is 0.590. The van der Waals surface area contributed by atoms with Crippen LogP contribution in [0, 0.1) is 0 Å². The van der Waals surface area contributed by atoms with Crippen molar-refractivity contribution in [3.63, 3.8) is 0 Å². The molecule has 1 heterocycles. The third kappa shape index (κ3) is 6.46. The van der Waals surface area contributed by atoms with Gasteiger partial charge < -0.3 is 9.47 Å². The lowest BCUT2D eigenvalue weighted by Gasteiger charge is -2.38. The van der Waals surface area contributed by atoms with E-state index in [1.807, 2.05) is 6.92 Å². The second-order valence-electron chi connectivity index (χ2n) is 6.77. The Morgan fingerprint density at radius 1 is 0.957 bits per heavy atom. The van der Waals surface area contributed by atoms with E-state index in [1.165, 1.54) is 58.2 Å². The van der Waals surface area contributed by atoms with Crippen molar-refractivity contribution in [2.45, 2.75) is 79.2 Å². The SMILES string of the molecule is CCCC[N+](CCCC)(CCCC)Cc1ncc(CC)c(=O)[nH]1. The van der Waals surface area contributed by atoms with Crippen LogP contribution in [0.4, 0.5) is 0 Å². The van der Waals surface area contributed by atoms with Gasteiger partial charge in [0.05, 0.1) is 19.6 Å². The largest absolute Gasteiger partial charge is 0.317 e. The predicted molar refractivity (Wildman–Crippen MR) is 97.5 cm³/mol. The molecule has 132 valence electrons. The number of aryl methyl sites for hydroxylation is 1. The number of H-pyrrole nitrogens is 1. The van der Waals surface area contributed by atoms with Gasteiger partial charge in [-0.2, -0.15) is 0 Å². The molecule has 0 amide bonds. The molecule has 0 spiro atoms. The van der Waals surface area contributed by atoms with Crippen LogP contribution in [0.5, 0.6) is 0 Å². The summed E-state index contributed by atoms with van der Waals surface area (Å²) in [6.45, 7) is 13.2. The number of quaternary nitrogens is 1. The molecule has 1 N–H and O–H groups in total. The smallest absolute Gasteiger partial charge is 0.254 e. The van der Waals surface area contributed by atoms with Crippen LogP contribution >= 0.6 is 0 Å². The van der Waals surface area contributed by atoms with Gasteiger partial charge in [0.25, 0.3) is 5.56 Å². The lowest BCUT2D eigenvalue weighted by molar-refractivity contribution is -0.942. The number of aromatic amines is 1. The van der Waals surface area contributed by atoms with Crippen LogP contribution in [0.2, 0.25) is 0 Å². The number of nitrogens with one attached hydrogen (secondary N) is 1. The van der Waals surface area contributed by atoms with Gasteiger partial charge in [0.1, 0.15) is 6.54 Å². The summed E-state index contributed by atoms with van der Waals surface area (Å²) in [7, 11) is 0. The van der Waals surface area contributed by atoms with E-state index in [2.05, 4.69) is 30.7 Å². The van der Waals surface area contributed by atoms with Gasteiger partial charge in [0, 0.05) is 11.8 Å². The molecule has 1 aromatic rings. The Balaban J connectivity index is 2.99. The van der Waals surface area contributed by atoms with Crippen LogP contribution < -0.4 is 5.56 Å². The minimum Gasteiger partial charge on any atom is -0.317 e. The highest BCUT2D eigenvalue weighted by molar-refractivity contribution is 5.05. The van der Waals surface area contributed by atoms with Crippen molar-refractivity contribution in [2.24, 2.45) is 0 Å². The fraction of sp³-hybridized carbons (Fsp3) is 0.789. The Morgan fingerprint density at radius 2 is 1.48 bits per heavy atom. The van der Waals surface area contributed by atoms with Gasteiger partial charge in [-0.3, -0.25) is 4.79 Å². The van der Waals surface area contributed by atoms with E-state index < -0.39 is 0 Å². The molecule has 0 atom stereocenters. The van der Waals surface area contributed by atoms with Gasteiger partial charge in [-0.1, -0.05) is 47.0 Å². The monoisotopic (exact) mass is 322 g/mol. The highest BCUT2D eigenvalue weighted by atomic mass is 16.1. The van der Waals surface area contributed by atoms with Crippen LogP contribution in [-0.4, -0.2) is 34.1 Å². The molecule has 23 heavy (non-hydrogen) atoms. The molecule has 1 rings (SSSR count). The van der Waals surface area contributed by atoms with Crippen molar-refractivity contribution in [2.75, 3.05) is 19.6 Å². The first-order valence-corrected chi connectivity index (χ1v) is 9.53. The van der Waals surface area contributed by atoms with E-state index in [9.17, 15) is 4.79 Å². The Morgan fingerprint density at radius 3 is 1.87 bits per heavy atom. The number of rotatable bonds is 12. The fourth-order valence-electron chi connectivity index (χ4n) is 3.16. The molecule has 0 aliphatic heterocycles. The van der Waals surface area contributed by atoms with E-state index in [0.29, 0.717) is 0 Å². The first-order chi connectivity index (χ1) is 11.1. The Labute approximate surface area is 141 Å². The molecule has 0 radical (unpaired) electrons. The van der Waals surface area contributed by atoms with Gasteiger partial charge in [-0.15, -0.1) is 0 Å². The van der Waals surface area contributed by atoms with E-state index in [0.717, 1.165) is 28.8 Å². The minimum atomic E-state index is 0.0390. The second kappa shape index (κ2) is 10.6. The number of hydrogen-bond acceptors (Lipinski definition) is 2. The maximum atomic E-state index is 12.1. The summed E-state index contributed by atoms with van der Waals surface area (Å²) in [5.41, 5.74) is 0.819. The van der Waals surface area contributed by atoms with Crippen LogP contribution in [0.1, 0.15) is 77.6 Å². The molecule has 0 aliphatic carbocycles. The maximum absolute atomic E-state index is 12.1. The molecule has 0 fully saturated rings. The molecule has 0 unspecified atom stereocenters. The number of hydrogen-bond donors (Lipinski definition) is 1. The van der Waals surface area contributed by atoms with Crippen molar-refractivity contribution < 1.29 is 4.48 Å². The van der Waals surface area contributed by atoms with E-state index in [1.54, 1.807) is 6.20 Å². The Bertz CT molecular complexity index is 474. The fourth-order valence-corrected chi connectivity index (χ4v) is 3.16.